The zero-order valence-corrected chi connectivity index (χ0v) is 6.25. The molecular weight excluding hydrogens is 128 g/mol. The van der Waals surface area contributed by atoms with Crippen LogP contribution in [0, 0.1) is 0 Å². The Morgan fingerprint density at radius 2 is 2.60 bits per heavy atom. The maximum absolute atomic E-state index is 5.17. The highest BCUT2D eigenvalue weighted by Gasteiger charge is 2.14. The zero-order valence-electron chi connectivity index (χ0n) is 6.25. The first-order chi connectivity index (χ1) is 4.84. The molecule has 4 nitrogen and oxygen atoms in total. The molecule has 1 rings (SSSR count). The molecule has 10 heavy (non-hydrogen) atoms. The summed E-state index contributed by atoms with van der Waals surface area (Å²) < 4.78 is 0. The molecule has 1 atom stereocenters. The molecule has 0 bridgehead atoms. The number of hydrazone groups is 1. The SMILES string of the molecule is CC1CNCCN1N=CN. The van der Waals surface area contributed by atoms with Gasteiger partial charge in [0, 0.05) is 19.6 Å². The highest BCUT2D eigenvalue weighted by molar-refractivity contribution is 5.50. The van der Waals surface area contributed by atoms with Crippen LogP contribution in [-0.2, 0) is 0 Å². The standard InChI is InChI=1S/C6H14N4/c1-6-4-8-2-3-10(6)9-5-7/h5-6,8H,2-4H2,1H3,(H2,7,9). The molecule has 0 amide bonds. The molecule has 1 unspecified atom stereocenters. The average molecular weight is 142 g/mol. The quantitative estimate of drug-likeness (QED) is 0.371. The van der Waals surface area contributed by atoms with Gasteiger partial charge >= 0.3 is 0 Å². The minimum absolute atomic E-state index is 0.466. The Bertz CT molecular complexity index is 123. The second kappa shape index (κ2) is 3.41. The van der Waals surface area contributed by atoms with Crippen LogP contribution in [0.4, 0.5) is 0 Å². The Kier molecular flexibility index (Phi) is 2.50. The van der Waals surface area contributed by atoms with E-state index in [1.165, 1.54) is 6.34 Å². The smallest absolute Gasteiger partial charge is 0.106 e. The van der Waals surface area contributed by atoms with Crippen molar-refractivity contribution < 1.29 is 0 Å². The molecule has 1 heterocycles. The van der Waals surface area contributed by atoms with Gasteiger partial charge in [0.15, 0.2) is 0 Å². The summed E-state index contributed by atoms with van der Waals surface area (Å²) >= 11 is 0. The predicted octanol–water partition coefficient (Wildman–Crippen LogP) is -0.818. The maximum Gasteiger partial charge on any atom is 0.106 e. The van der Waals surface area contributed by atoms with Crippen molar-refractivity contribution in [2.24, 2.45) is 10.8 Å². The van der Waals surface area contributed by atoms with Gasteiger partial charge in [0.1, 0.15) is 6.34 Å². The molecule has 0 aromatic rings. The van der Waals surface area contributed by atoms with Gasteiger partial charge in [-0.2, -0.15) is 5.10 Å². The van der Waals surface area contributed by atoms with Crippen molar-refractivity contribution >= 4 is 6.34 Å². The molecule has 4 heteroatoms. The summed E-state index contributed by atoms with van der Waals surface area (Å²) in [6, 6.07) is 0.466. The summed E-state index contributed by atoms with van der Waals surface area (Å²) in [5.74, 6) is 0. The van der Waals surface area contributed by atoms with E-state index in [0.717, 1.165) is 19.6 Å². The van der Waals surface area contributed by atoms with Gasteiger partial charge in [-0.15, -0.1) is 0 Å². The third kappa shape index (κ3) is 1.60. The first-order valence-electron chi connectivity index (χ1n) is 3.56. The van der Waals surface area contributed by atoms with Crippen molar-refractivity contribution in [2.75, 3.05) is 19.6 Å². The molecule has 1 aliphatic heterocycles. The van der Waals surface area contributed by atoms with E-state index < -0.39 is 0 Å². The third-order valence-corrected chi connectivity index (χ3v) is 1.68. The lowest BCUT2D eigenvalue weighted by Gasteiger charge is -2.30. The van der Waals surface area contributed by atoms with Crippen molar-refractivity contribution in [1.29, 1.82) is 0 Å². The van der Waals surface area contributed by atoms with E-state index in [1.54, 1.807) is 0 Å². The fourth-order valence-electron chi connectivity index (χ4n) is 1.09. The van der Waals surface area contributed by atoms with Crippen LogP contribution in [0.2, 0.25) is 0 Å². The fourth-order valence-corrected chi connectivity index (χ4v) is 1.09. The highest BCUT2D eigenvalue weighted by Crippen LogP contribution is 2.00. The van der Waals surface area contributed by atoms with Gasteiger partial charge in [0.05, 0.1) is 6.04 Å². The van der Waals surface area contributed by atoms with Gasteiger partial charge in [-0.1, -0.05) is 0 Å². The van der Waals surface area contributed by atoms with Crippen molar-refractivity contribution in [3.05, 3.63) is 0 Å². The van der Waals surface area contributed by atoms with Crippen molar-refractivity contribution in [3.63, 3.8) is 0 Å². The number of nitrogens with two attached hydrogens (primary N) is 1. The Balaban J connectivity index is 2.39. The molecule has 58 valence electrons. The summed E-state index contributed by atoms with van der Waals surface area (Å²) in [5, 5.41) is 9.27. The van der Waals surface area contributed by atoms with Crippen LogP contribution in [0.1, 0.15) is 6.92 Å². The van der Waals surface area contributed by atoms with E-state index in [-0.39, 0.29) is 0 Å². The zero-order chi connectivity index (χ0) is 7.40. The summed E-state index contributed by atoms with van der Waals surface area (Å²) in [5.41, 5.74) is 5.17. The van der Waals surface area contributed by atoms with Crippen molar-refractivity contribution in [3.8, 4) is 0 Å². The molecule has 0 aromatic heterocycles. The second-order valence-electron chi connectivity index (χ2n) is 2.48. The van der Waals surface area contributed by atoms with Crippen LogP contribution in [0.25, 0.3) is 0 Å². The Morgan fingerprint density at radius 3 is 3.20 bits per heavy atom. The monoisotopic (exact) mass is 142 g/mol. The van der Waals surface area contributed by atoms with Crippen molar-refractivity contribution in [2.45, 2.75) is 13.0 Å². The normalized spacial score (nSPS) is 27.7. The van der Waals surface area contributed by atoms with Crippen LogP contribution in [0.5, 0.6) is 0 Å². The van der Waals surface area contributed by atoms with E-state index in [2.05, 4.69) is 17.3 Å². The minimum atomic E-state index is 0.466. The topological polar surface area (TPSA) is 53.6 Å². The lowest BCUT2D eigenvalue weighted by atomic mass is 10.2. The molecule has 0 aromatic carbocycles. The van der Waals surface area contributed by atoms with Crippen LogP contribution < -0.4 is 11.1 Å². The molecule has 3 N–H and O–H groups in total. The second-order valence-corrected chi connectivity index (χ2v) is 2.48. The first kappa shape index (κ1) is 7.34. The number of nitrogens with zero attached hydrogens (tertiary/aromatic N) is 2. The van der Waals surface area contributed by atoms with Gasteiger partial charge in [-0.05, 0) is 6.92 Å². The van der Waals surface area contributed by atoms with Gasteiger partial charge in [0.2, 0.25) is 0 Å². The van der Waals surface area contributed by atoms with Gasteiger partial charge in [-0.25, -0.2) is 0 Å². The Morgan fingerprint density at radius 1 is 1.80 bits per heavy atom. The van der Waals surface area contributed by atoms with E-state index in [1.807, 2.05) is 5.01 Å². The number of nitrogens with one attached hydrogen (secondary N) is 1. The van der Waals surface area contributed by atoms with Crippen LogP contribution in [-0.4, -0.2) is 37.0 Å². The van der Waals surface area contributed by atoms with Gasteiger partial charge in [0.25, 0.3) is 0 Å². The molecular formula is C6H14N4. The van der Waals surface area contributed by atoms with Crippen LogP contribution in [0.15, 0.2) is 5.10 Å². The Hall–Kier alpha value is -0.770. The lowest BCUT2D eigenvalue weighted by molar-refractivity contribution is 0.182. The number of rotatable bonds is 1. The van der Waals surface area contributed by atoms with Crippen LogP contribution >= 0.6 is 0 Å². The van der Waals surface area contributed by atoms with Crippen molar-refractivity contribution in [1.82, 2.24) is 10.3 Å². The van der Waals surface area contributed by atoms with E-state index in [4.69, 9.17) is 5.73 Å². The number of piperazine rings is 1. The largest absolute Gasteiger partial charge is 0.388 e. The molecule has 0 aliphatic carbocycles. The number of hydrogen-bond acceptors (Lipinski definition) is 3. The molecule has 0 saturated carbocycles. The van der Waals surface area contributed by atoms with E-state index in [9.17, 15) is 0 Å². The van der Waals surface area contributed by atoms with E-state index in [0.29, 0.717) is 6.04 Å². The number of hydrogen-bond donors (Lipinski definition) is 2. The molecule has 1 aliphatic rings. The molecule has 1 fully saturated rings. The average Bonchev–Trinajstić information content (AvgIpc) is 1.94. The Labute approximate surface area is 61.1 Å². The first-order valence-corrected chi connectivity index (χ1v) is 3.56. The summed E-state index contributed by atoms with van der Waals surface area (Å²) in [4.78, 5) is 0. The summed E-state index contributed by atoms with van der Waals surface area (Å²) in [7, 11) is 0. The molecule has 1 saturated heterocycles. The minimum Gasteiger partial charge on any atom is -0.388 e. The summed E-state index contributed by atoms with van der Waals surface area (Å²) in [6.07, 6.45) is 1.35. The predicted molar refractivity (Wildman–Crippen MR) is 41.7 cm³/mol. The lowest BCUT2D eigenvalue weighted by Crippen LogP contribution is -2.47. The van der Waals surface area contributed by atoms with Gasteiger partial charge < -0.3 is 11.1 Å². The van der Waals surface area contributed by atoms with Gasteiger partial charge in [-0.3, -0.25) is 5.01 Å². The van der Waals surface area contributed by atoms with E-state index >= 15 is 0 Å². The fraction of sp³-hybridized carbons (Fsp3) is 0.833. The molecule has 0 radical (unpaired) electrons. The third-order valence-electron chi connectivity index (χ3n) is 1.68. The molecule has 0 spiro atoms. The summed E-state index contributed by atoms with van der Waals surface area (Å²) in [6.45, 7) is 5.08. The highest BCUT2D eigenvalue weighted by atomic mass is 15.5. The maximum atomic E-state index is 5.17. The van der Waals surface area contributed by atoms with Crippen LogP contribution in [0.3, 0.4) is 0 Å².